The molecule has 0 spiro atoms. The molecule has 2 aliphatic heterocycles. The summed E-state index contributed by atoms with van der Waals surface area (Å²) in [7, 11) is 0. The number of aryl methyl sites for hydroxylation is 1. The molecular formula is C19H26ClN3O2. The quantitative estimate of drug-likeness (QED) is 0.786. The highest BCUT2D eigenvalue weighted by atomic mass is 35.5. The molecular weight excluding hydrogens is 338 g/mol. The maximum absolute atomic E-state index is 12.5. The number of amides is 2. The van der Waals surface area contributed by atoms with E-state index in [1.54, 1.807) is 4.90 Å². The van der Waals surface area contributed by atoms with E-state index in [2.05, 4.69) is 16.7 Å². The molecule has 25 heavy (non-hydrogen) atoms. The molecule has 1 saturated heterocycles. The van der Waals surface area contributed by atoms with E-state index < -0.39 is 0 Å². The van der Waals surface area contributed by atoms with Crippen LogP contribution in [0.25, 0.3) is 0 Å². The normalized spacial score (nSPS) is 20.0. The Morgan fingerprint density at radius 2 is 2.04 bits per heavy atom. The highest BCUT2D eigenvalue weighted by Crippen LogP contribution is 2.22. The second-order valence-corrected chi connectivity index (χ2v) is 6.60. The minimum Gasteiger partial charge on any atom is -0.351 e. The Kier molecular flexibility index (Phi) is 7.02. The van der Waals surface area contributed by atoms with E-state index in [-0.39, 0.29) is 30.3 Å². The van der Waals surface area contributed by atoms with E-state index in [1.807, 2.05) is 31.2 Å². The molecule has 2 aliphatic rings. The van der Waals surface area contributed by atoms with Crippen LogP contribution in [0.5, 0.6) is 0 Å². The van der Waals surface area contributed by atoms with Gasteiger partial charge in [-0.05, 0) is 31.9 Å². The highest BCUT2D eigenvalue weighted by Gasteiger charge is 2.35. The number of carbonyl (C=O) groups is 2. The van der Waals surface area contributed by atoms with E-state index in [0.29, 0.717) is 25.9 Å². The van der Waals surface area contributed by atoms with Crippen molar-refractivity contribution in [2.75, 3.05) is 19.6 Å². The minimum atomic E-state index is -0.346. The topological polar surface area (TPSA) is 61.4 Å². The second kappa shape index (κ2) is 9.02. The van der Waals surface area contributed by atoms with Gasteiger partial charge < -0.3 is 15.5 Å². The molecule has 1 atom stereocenters. The number of hydrogen-bond donors (Lipinski definition) is 2. The third kappa shape index (κ3) is 5.06. The van der Waals surface area contributed by atoms with Crippen LogP contribution >= 0.6 is 12.4 Å². The number of nitrogens with one attached hydrogen (secondary N) is 2. The van der Waals surface area contributed by atoms with Crippen LogP contribution in [-0.2, 0) is 16.1 Å². The lowest BCUT2D eigenvalue weighted by Gasteiger charge is -2.25. The average molecular weight is 364 g/mol. The van der Waals surface area contributed by atoms with Crippen molar-refractivity contribution in [3.05, 3.63) is 47.0 Å². The van der Waals surface area contributed by atoms with Gasteiger partial charge in [0.25, 0.3) is 0 Å². The number of hydrogen-bond acceptors (Lipinski definition) is 3. The van der Waals surface area contributed by atoms with Gasteiger partial charge in [0.15, 0.2) is 0 Å². The Balaban J connectivity index is 0.00000225. The molecule has 2 amide bonds. The smallest absolute Gasteiger partial charge is 0.243 e. The molecule has 3 rings (SSSR count). The fourth-order valence-electron chi connectivity index (χ4n) is 3.24. The zero-order valence-electron chi connectivity index (χ0n) is 14.6. The van der Waals surface area contributed by atoms with Crippen molar-refractivity contribution in [1.82, 2.24) is 15.5 Å². The van der Waals surface area contributed by atoms with Crippen LogP contribution in [0.15, 0.2) is 35.9 Å². The number of rotatable bonds is 5. The summed E-state index contributed by atoms with van der Waals surface area (Å²) in [6.45, 7) is 4.96. The van der Waals surface area contributed by atoms with Gasteiger partial charge in [-0.15, -0.1) is 12.4 Å². The van der Waals surface area contributed by atoms with Crippen LogP contribution in [0.4, 0.5) is 0 Å². The van der Waals surface area contributed by atoms with Crippen LogP contribution in [-0.4, -0.2) is 42.4 Å². The summed E-state index contributed by atoms with van der Waals surface area (Å²) in [4.78, 5) is 26.5. The number of halogens is 1. The van der Waals surface area contributed by atoms with Crippen LogP contribution < -0.4 is 10.6 Å². The lowest BCUT2D eigenvalue weighted by atomic mass is 10.1. The highest BCUT2D eigenvalue weighted by molar-refractivity contribution is 5.91. The molecule has 2 N–H and O–H groups in total. The predicted octanol–water partition coefficient (Wildman–Crippen LogP) is 1.94. The molecule has 1 aromatic carbocycles. The van der Waals surface area contributed by atoms with Gasteiger partial charge in [-0.3, -0.25) is 9.59 Å². The average Bonchev–Trinajstić information content (AvgIpc) is 2.96. The summed E-state index contributed by atoms with van der Waals surface area (Å²) in [5.41, 5.74) is 3.52. The van der Waals surface area contributed by atoms with Gasteiger partial charge >= 0.3 is 0 Å². The van der Waals surface area contributed by atoms with E-state index in [1.165, 1.54) is 11.1 Å². The lowest BCUT2D eigenvalue weighted by Crippen LogP contribution is -2.45. The Labute approximate surface area is 155 Å². The maximum Gasteiger partial charge on any atom is 0.243 e. The van der Waals surface area contributed by atoms with Crippen LogP contribution in [0, 0.1) is 6.92 Å². The first-order valence-electron chi connectivity index (χ1n) is 8.65. The zero-order chi connectivity index (χ0) is 16.9. The number of likely N-dealkylation sites (tertiary alicyclic amines) is 1. The largest absolute Gasteiger partial charge is 0.351 e. The summed E-state index contributed by atoms with van der Waals surface area (Å²) in [6.07, 6.45) is 4.16. The maximum atomic E-state index is 12.5. The van der Waals surface area contributed by atoms with E-state index in [0.717, 1.165) is 25.1 Å². The molecule has 0 radical (unpaired) electrons. The van der Waals surface area contributed by atoms with Crippen molar-refractivity contribution >= 4 is 24.2 Å². The van der Waals surface area contributed by atoms with Crippen molar-refractivity contribution < 1.29 is 9.59 Å². The van der Waals surface area contributed by atoms with Crippen LogP contribution in [0.2, 0.25) is 0 Å². The molecule has 0 bridgehead atoms. The summed E-state index contributed by atoms with van der Waals surface area (Å²) in [5, 5.41) is 6.27. The Bertz CT molecular complexity index is 643. The predicted molar refractivity (Wildman–Crippen MR) is 101 cm³/mol. The first-order valence-corrected chi connectivity index (χ1v) is 8.65. The van der Waals surface area contributed by atoms with Gasteiger partial charge in [-0.1, -0.05) is 41.5 Å². The fourth-order valence-corrected chi connectivity index (χ4v) is 3.24. The van der Waals surface area contributed by atoms with Crippen molar-refractivity contribution in [1.29, 1.82) is 0 Å². The van der Waals surface area contributed by atoms with E-state index in [9.17, 15) is 9.59 Å². The second-order valence-electron chi connectivity index (χ2n) is 6.60. The fraction of sp³-hybridized carbons (Fsp3) is 0.474. The molecule has 0 saturated carbocycles. The van der Waals surface area contributed by atoms with Crippen LogP contribution in [0.3, 0.4) is 0 Å². The van der Waals surface area contributed by atoms with Gasteiger partial charge in [-0.2, -0.15) is 0 Å². The van der Waals surface area contributed by atoms with Crippen molar-refractivity contribution in [3.8, 4) is 0 Å². The van der Waals surface area contributed by atoms with Gasteiger partial charge in [0, 0.05) is 26.1 Å². The molecule has 0 aromatic heterocycles. The van der Waals surface area contributed by atoms with Gasteiger partial charge in [-0.25, -0.2) is 0 Å². The molecule has 1 unspecified atom stereocenters. The molecule has 0 aliphatic carbocycles. The first-order chi connectivity index (χ1) is 11.6. The number of nitrogens with zero attached hydrogens (tertiary/aromatic N) is 1. The third-order valence-electron chi connectivity index (χ3n) is 4.75. The zero-order valence-corrected chi connectivity index (χ0v) is 15.4. The Morgan fingerprint density at radius 3 is 2.72 bits per heavy atom. The molecule has 5 nitrogen and oxygen atoms in total. The van der Waals surface area contributed by atoms with E-state index >= 15 is 0 Å². The van der Waals surface area contributed by atoms with Crippen molar-refractivity contribution in [3.63, 3.8) is 0 Å². The Hall–Kier alpha value is -1.85. The Morgan fingerprint density at radius 1 is 1.28 bits per heavy atom. The van der Waals surface area contributed by atoms with Gasteiger partial charge in [0.1, 0.15) is 6.04 Å². The summed E-state index contributed by atoms with van der Waals surface area (Å²) in [5.74, 6) is 0.0317. The minimum absolute atomic E-state index is 0. The van der Waals surface area contributed by atoms with Crippen molar-refractivity contribution in [2.45, 2.75) is 38.8 Å². The summed E-state index contributed by atoms with van der Waals surface area (Å²) >= 11 is 0. The molecule has 136 valence electrons. The number of benzene rings is 1. The first kappa shape index (κ1) is 19.5. The monoisotopic (exact) mass is 363 g/mol. The summed E-state index contributed by atoms with van der Waals surface area (Å²) < 4.78 is 0. The molecule has 2 heterocycles. The molecule has 1 fully saturated rings. The number of carbonyl (C=O) groups excluding carboxylic acids is 2. The summed E-state index contributed by atoms with van der Waals surface area (Å²) in [6, 6.07) is 7.77. The van der Waals surface area contributed by atoms with Crippen LogP contribution in [0.1, 0.15) is 30.4 Å². The lowest BCUT2D eigenvalue weighted by molar-refractivity contribution is -0.135. The third-order valence-corrected chi connectivity index (χ3v) is 4.75. The van der Waals surface area contributed by atoms with E-state index in [4.69, 9.17) is 0 Å². The SMILES string of the molecule is Cc1ccc(CN2C(=O)CCC2C(=O)NCC2=CCNCC2)cc1.Cl. The molecule has 6 heteroatoms. The molecule has 1 aromatic rings. The van der Waals surface area contributed by atoms with Gasteiger partial charge in [0.05, 0.1) is 0 Å². The van der Waals surface area contributed by atoms with Gasteiger partial charge in [0.2, 0.25) is 11.8 Å². The van der Waals surface area contributed by atoms with Crippen molar-refractivity contribution in [2.24, 2.45) is 0 Å². The standard InChI is InChI=1S/C19H25N3O2.ClH/c1-14-2-4-16(5-3-14)13-22-17(6-7-18(22)23)19(24)21-12-15-8-10-20-11-9-15;/h2-5,8,17,20H,6-7,9-13H2,1H3,(H,21,24);1H.